The molecule has 0 amide bonds. The molecule has 2 rings (SSSR count). The Bertz CT molecular complexity index is 482. The minimum Gasteiger partial charge on any atom is -0.270 e. The van der Waals surface area contributed by atoms with Crippen molar-refractivity contribution in [1.82, 2.24) is 0 Å². The van der Waals surface area contributed by atoms with Crippen LogP contribution < -0.4 is 4.31 Å². The lowest BCUT2D eigenvalue weighted by atomic mass is 9.96. The SMILES string of the molecule is CCS(=O)(=O)N1CC(C)Cc2ccccc21. The van der Waals surface area contributed by atoms with E-state index in [1.165, 1.54) is 0 Å². The third-order valence-electron chi connectivity index (χ3n) is 3.01. The summed E-state index contributed by atoms with van der Waals surface area (Å²) in [6.07, 6.45) is 0.964. The van der Waals surface area contributed by atoms with E-state index in [1.807, 2.05) is 24.3 Å². The number of benzene rings is 1. The van der Waals surface area contributed by atoms with E-state index in [4.69, 9.17) is 0 Å². The average molecular weight is 239 g/mol. The first kappa shape index (κ1) is 11.5. The number of hydrogen-bond acceptors (Lipinski definition) is 2. The molecule has 1 aromatic carbocycles. The van der Waals surface area contributed by atoms with Gasteiger partial charge >= 0.3 is 0 Å². The van der Waals surface area contributed by atoms with Crippen LogP contribution in [0.15, 0.2) is 24.3 Å². The molecule has 0 fully saturated rings. The Hall–Kier alpha value is -1.03. The van der Waals surface area contributed by atoms with Crippen LogP contribution in [0.4, 0.5) is 5.69 Å². The molecule has 1 aliphatic heterocycles. The van der Waals surface area contributed by atoms with Gasteiger partial charge in [-0.2, -0.15) is 0 Å². The van der Waals surface area contributed by atoms with Crippen molar-refractivity contribution in [3.8, 4) is 0 Å². The maximum absolute atomic E-state index is 12.0. The van der Waals surface area contributed by atoms with Crippen LogP contribution in [0.2, 0.25) is 0 Å². The second-order valence-corrected chi connectivity index (χ2v) is 6.55. The molecule has 0 saturated carbocycles. The van der Waals surface area contributed by atoms with Crippen LogP contribution in [-0.2, 0) is 16.4 Å². The van der Waals surface area contributed by atoms with Crippen LogP contribution in [-0.4, -0.2) is 20.7 Å². The number of sulfonamides is 1. The van der Waals surface area contributed by atoms with Gasteiger partial charge in [-0.15, -0.1) is 0 Å². The lowest BCUT2D eigenvalue weighted by molar-refractivity contribution is 0.545. The zero-order chi connectivity index (χ0) is 11.8. The molecule has 1 unspecified atom stereocenters. The van der Waals surface area contributed by atoms with Crippen molar-refractivity contribution in [2.75, 3.05) is 16.6 Å². The monoisotopic (exact) mass is 239 g/mol. The van der Waals surface area contributed by atoms with Gasteiger partial charge in [0.05, 0.1) is 11.4 Å². The van der Waals surface area contributed by atoms with Gasteiger partial charge in [0.2, 0.25) is 10.0 Å². The van der Waals surface area contributed by atoms with E-state index >= 15 is 0 Å². The molecule has 0 bridgehead atoms. The summed E-state index contributed by atoms with van der Waals surface area (Å²) < 4.78 is 25.5. The van der Waals surface area contributed by atoms with Gasteiger partial charge in [0, 0.05) is 6.54 Å². The topological polar surface area (TPSA) is 37.4 Å². The average Bonchev–Trinajstić information content (AvgIpc) is 2.28. The van der Waals surface area contributed by atoms with E-state index in [9.17, 15) is 8.42 Å². The predicted molar refractivity (Wildman–Crippen MR) is 66.1 cm³/mol. The number of anilines is 1. The first-order chi connectivity index (χ1) is 7.54. The Morgan fingerprint density at radius 1 is 1.38 bits per heavy atom. The molecule has 4 heteroatoms. The Kier molecular flexibility index (Phi) is 2.93. The highest BCUT2D eigenvalue weighted by Crippen LogP contribution is 2.31. The van der Waals surface area contributed by atoms with Gasteiger partial charge in [-0.1, -0.05) is 25.1 Å². The molecule has 3 nitrogen and oxygen atoms in total. The number of hydrogen-bond donors (Lipinski definition) is 0. The van der Waals surface area contributed by atoms with E-state index in [0.717, 1.165) is 17.7 Å². The minimum atomic E-state index is -3.13. The smallest absolute Gasteiger partial charge is 0.234 e. The summed E-state index contributed by atoms with van der Waals surface area (Å²) in [5.74, 6) is 0.546. The maximum atomic E-state index is 12.0. The summed E-state index contributed by atoms with van der Waals surface area (Å²) in [4.78, 5) is 0. The molecule has 1 aromatic rings. The molecule has 0 spiro atoms. The second-order valence-electron chi connectivity index (χ2n) is 4.37. The van der Waals surface area contributed by atoms with E-state index in [2.05, 4.69) is 6.92 Å². The molecule has 0 N–H and O–H groups in total. The fourth-order valence-electron chi connectivity index (χ4n) is 2.17. The molecular formula is C12H17NO2S. The van der Waals surface area contributed by atoms with Gasteiger partial charge < -0.3 is 0 Å². The van der Waals surface area contributed by atoms with Crippen LogP contribution in [0, 0.1) is 5.92 Å². The number of rotatable bonds is 2. The summed E-state index contributed by atoms with van der Waals surface area (Å²) in [6, 6.07) is 7.78. The first-order valence-corrected chi connectivity index (χ1v) is 7.24. The van der Waals surface area contributed by atoms with Crippen molar-refractivity contribution in [2.45, 2.75) is 20.3 Å². The quantitative estimate of drug-likeness (QED) is 0.792. The van der Waals surface area contributed by atoms with Crippen LogP contribution in [0.3, 0.4) is 0 Å². The van der Waals surface area contributed by atoms with Crippen molar-refractivity contribution in [3.63, 3.8) is 0 Å². The van der Waals surface area contributed by atoms with Crippen LogP contribution in [0.5, 0.6) is 0 Å². The van der Waals surface area contributed by atoms with Gasteiger partial charge in [0.25, 0.3) is 0 Å². The van der Waals surface area contributed by atoms with Crippen molar-refractivity contribution in [1.29, 1.82) is 0 Å². The number of nitrogens with zero attached hydrogens (tertiary/aromatic N) is 1. The van der Waals surface area contributed by atoms with Gasteiger partial charge in [-0.25, -0.2) is 8.42 Å². The minimum absolute atomic E-state index is 0.161. The Labute approximate surface area is 97.1 Å². The van der Waals surface area contributed by atoms with Gasteiger partial charge in [-0.05, 0) is 30.9 Å². The van der Waals surface area contributed by atoms with Gasteiger partial charge in [0.15, 0.2) is 0 Å². The molecule has 16 heavy (non-hydrogen) atoms. The molecule has 0 saturated heterocycles. The zero-order valence-electron chi connectivity index (χ0n) is 9.68. The highest BCUT2D eigenvalue weighted by atomic mass is 32.2. The van der Waals surface area contributed by atoms with E-state index in [-0.39, 0.29) is 5.75 Å². The van der Waals surface area contributed by atoms with E-state index < -0.39 is 10.0 Å². The first-order valence-electron chi connectivity index (χ1n) is 5.63. The normalized spacial score (nSPS) is 20.6. The molecule has 0 aromatic heterocycles. The molecule has 1 atom stereocenters. The largest absolute Gasteiger partial charge is 0.270 e. The van der Waals surface area contributed by atoms with Crippen LogP contribution in [0.1, 0.15) is 19.4 Å². The molecule has 88 valence electrons. The summed E-state index contributed by atoms with van der Waals surface area (Å²) >= 11 is 0. The molecule has 1 aliphatic rings. The fourth-order valence-corrected chi connectivity index (χ4v) is 3.44. The van der Waals surface area contributed by atoms with Crippen molar-refractivity contribution < 1.29 is 8.42 Å². The highest BCUT2D eigenvalue weighted by Gasteiger charge is 2.28. The van der Waals surface area contributed by atoms with E-state index in [1.54, 1.807) is 11.2 Å². The predicted octanol–water partition coefficient (Wildman–Crippen LogP) is 2.03. The fraction of sp³-hybridized carbons (Fsp3) is 0.500. The summed E-state index contributed by atoms with van der Waals surface area (Å²) in [5.41, 5.74) is 2.00. The standard InChI is InChI=1S/C12H17NO2S/c1-3-16(14,15)13-9-10(2)8-11-6-4-5-7-12(11)13/h4-7,10H,3,8-9H2,1-2H3. The van der Waals surface area contributed by atoms with Crippen molar-refractivity contribution in [2.24, 2.45) is 5.92 Å². The summed E-state index contributed by atoms with van der Waals surface area (Å²) in [5, 5.41) is 0. The van der Waals surface area contributed by atoms with Crippen LogP contribution in [0.25, 0.3) is 0 Å². The van der Waals surface area contributed by atoms with Gasteiger partial charge in [0.1, 0.15) is 0 Å². The second kappa shape index (κ2) is 4.09. The third-order valence-corrected chi connectivity index (χ3v) is 4.75. The molecule has 1 heterocycles. The maximum Gasteiger partial charge on any atom is 0.234 e. The Balaban J connectivity index is 2.49. The number of para-hydroxylation sites is 1. The molecule has 0 radical (unpaired) electrons. The lowest BCUT2D eigenvalue weighted by Crippen LogP contribution is -2.39. The van der Waals surface area contributed by atoms with E-state index in [0.29, 0.717) is 12.5 Å². The molecule has 0 aliphatic carbocycles. The van der Waals surface area contributed by atoms with Crippen molar-refractivity contribution >= 4 is 15.7 Å². The summed E-state index contributed by atoms with van der Waals surface area (Å²) in [7, 11) is -3.13. The zero-order valence-corrected chi connectivity index (χ0v) is 10.5. The summed E-state index contributed by atoms with van der Waals surface area (Å²) in [6.45, 7) is 4.39. The van der Waals surface area contributed by atoms with Crippen molar-refractivity contribution in [3.05, 3.63) is 29.8 Å². The highest BCUT2D eigenvalue weighted by molar-refractivity contribution is 7.92. The van der Waals surface area contributed by atoms with Crippen LogP contribution >= 0.6 is 0 Å². The van der Waals surface area contributed by atoms with Gasteiger partial charge in [-0.3, -0.25) is 4.31 Å². The number of fused-ring (bicyclic) bond motifs is 1. The third kappa shape index (κ3) is 1.94. The Morgan fingerprint density at radius 3 is 2.75 bits per heavy atom. The lowest BCUT2D eigenvalue weighted by Gasteiger charge is -2.33. The molecular weight excluding hydrogens is 222 g/mol. The Morgan fingerprint density at radius 2 is 2.06 bits per heavy atom.